The third-order valence-electron chi connectivity index (χ3n) is 1.92. The first-order valence-corrected chi connectivity index (χ1v) is 5.74. The average Bonchev–Trinajstić information content (AvgIpc) is 2.66. The minimum atomic E-state index is -0.855. The van der Waals surface area contributed by atoms with Gasteiger partial charge in [0, 0.05) is 16.8 Å². The highest BCUT2D eigenvalue weighted by molar-refractivity contribution is 7.10. The van der Waals surface area contributed by atoms with Gasteiger partial charge >= 0.3 is 5.97 Å². The number of carbonyl (C=O) groups is 1. The summed E-state index contributed by atoms with van der Waals surface area (Å²) in [5, 5.41) is 13.6. The summed E-state index contributed by atoms with van der Waals surface area (Å²) >= 11 is 1.48. The summed E-state index contributed by atoms with van der Waals surface area (Å²) in [4.78, 5) is 11.7. The molecule has 0 saturated carbocycles. The predicted octanol–water partition coefficient (Wildman–Crippen LogP) is 2.50. The molecule has 1 aromatic heterocycles. The molecule has 1 heterocycles. The Bertz CT molecular complexity index is 344. The van der Waals surface area contributed by atoms with Crippen LogP contribution in [0.25, 0.3) is 0 Å². The number of nitrogens with one attached hydrogen (secondary N) is 1. The first kappa shape index (κ1) is 11.9. The number of carboxylic acid groups (broad SMARTS) is 1. The quantitative estimate of drug-likeness (QED) is 0.577. The van der Waals surface area contributed by atoms with Gasteiger partial charge in [-0.15, -0.1) is 11.3 Å². The first-order valence-electron chi connectivity index (χ1n) is 4.86. The zero-order valence-electron chi connectivity index (χ0n) is 8.69. The lowest BCUT2D eigenvalue weighted by atomic mass is 10.3. The Morgan fingerprint density at radius 2 is 2.47 bits per heavy atom. The van der Waals surface area contributed by atoms with Gasteiger partial charge in [0.1, 0.15) is 0 Å². The van der Waals surface area contributed by atoms with E-state index in [2.05, 4.69) is 11.4 Å². The number of aromatic carboxylic acids is 1. The molecule has 4 heteroatoms. The van der Waals surface area contributed by atoms with Crippen LogP contribution in [0, 0.1) is 0 Å². The van der Waals surface area contributed by atoms with Gasteiger partial charge in [-0.3, -0.25) is 0 Å². The zero-order valence-corrected chi connectivity index (χ0v) is 9.51. The van der Waals surface area contributed by atoms with Crippen molar-refractivity contribution in [3.05, 3.63) is 34.0 Å². The third-order valence-corrected chi connectivity index (χ3v) is 2.86. The summed E-state index contributed by atoms with van der Waals surface area (Å²) in [6, 6.07) is 1.72. The second kappa shape index (κ2) is 6.37. The fourth-order valence-electron chi connectivity index (χ4n) is 1.15. The average molecular weight is 225 g/mol. The Morgan fingerprint density at radius 1 is 1.67 bits per heavy atom. The number of allylic oxidation sites excluding steroid dienone is 1. The van der Waals surface area contributed by atoms with E-state index in [1.807, 2.05) is 13.0 Å². The molecular formula is C11H15NO2S. The molecule has 0 unspecified atom stereocenters. The molecule has 82 valence electrons. The van der Waals surface area contributed by atoms with Crippen LogP contribution in [-0.2, 0) is 6.54 Å². The summed E-state index contributed by atoms with van der Waals surface area (Å²) in [6.45, 7) is 3.67. The molecule has 1 rings (SSSR count). The van der Waals surface area contributed by atoms with Crippen LogP contribution in [0.15, 0.2) is 23.6 Å². The Hall–Kier alpha value is -1.13. The van der Waals surface area contributed by atoms with Gasteiger partial charge in [-0.1, -0.05) is 12.2 Å². The Balaban J connectivity index is 2.28. The van der Waals surface area contributed by atoms with Gasteiger partial charge in [0.2, 0.25) is 0 Å². The van der Waals surface area contributed by atoms with Gasteiger partial charge < -0.3 is 10.4 Å². The summed E-state index contributed by atoms with van der Waals surface area (Å²) in [6.07, 6.45) is 5.13. The van der Waals surface area contributed by atoms with Gasteiger partial charge in [0.25, 0.3) is 0 Å². The molecule has 0 aliphatic carbocycles. The maximum atomic E-state index is 10.6. The van der Waals surface area contributed by atoms with Crippen molar-refractivity contribution in [2.75, 3.05) is 6.54 Å². The molecule has 0 bridgehead atoms. The molecule has 0 radical (unpaired) electrons. The van der Waals surface area contributed by atoms with Crippen LogP contribution in [0.4, 0.5) is 0 Å². The Kier molecular flexibility index (Phi) is 5.07. The summed E-state index contributed by atoms with van der Waals surface area (Å²) in [5.41, 5.74) is 0.380. The summed E-state index contributed by atoms with van der Waals surface area (Å²) in [7, 11) is 0. The molecule has 3 nitrogen and oxygen atoms in total. The van der Waals surface area contributed by atoms with E-state index in [1.54, 1.807) is 11.4 Å². The molecule has 0 fully saturated rings. The fraction of sp³-hybridized carbons (Fsp3) is 0.364. The topological polar surface area (TPSA) is 49.3 Å². The molecule has 0 saturated heterocycles. The Morgan fingerprint density at radius 3 is 3.07 bits per heavy atom. The lowest BCUT2D eigenvalue weighted by molar-refractivity contribution is 0.0697. The van der Waals surface area contributed by atoms with E-state index in [1.165, 1.54) is 11.3 Å². The largest absolute Gasteiger partial charge is 0.478 e. The molecule has 0 amide bonds. The van der Waals surface area contributed by atoms with Crippen LogP contribution in [0.2, 0.25) is 0 Å². The number of carboxylic acids is 1. The second-order valence-electron chi connectivity index (χ2n) is 3.14. The van der Waals surface area contributed by atoms with Crippen molar-refractivity contribution in [2.24, 2.45) is 0 Å². The number of hydrogen-bond donors (Lipinski definition) is 2. The van der Waals surface area contributed by atoms with Crippen LogP contribution in [-0.4, -0.2) is 17.6 Å². The van der Waals surface area contributed by atoms with Gasteiger partial charge in [0.05, 0.1) is 5.56 Å². The Labute approximate surface area is 93.4 Å². The normalized spacial score (nSPS) is 11.0. The fourth-order valence-corrected chi connectivity index (χ4v) is 1.98. The van der Waals surface area contributed by atoms with Gasteiger partial charge in [-0.2, -0.15) is 0 Å². The van der Waals surface area contributed by atoms with E-state index in [9.17, 15) is 4.79 Å². The molecule has 2 N–H and O–H groups in total. The molecule has 0 atom stereocenters. The SMILES string of the molecule is C/C=C/CCNCc1cc(C(=O)O)cs1. The monoisotopic (exact) mass is 225 g/mol. The minimum Gasteiger partial charge on any atom is -0.478 e. The van der Waals surface area contributed by atoms with Crippen molar-refractivity contribution >= 4 is 17.3 Å². The van der Waals surface area contributed by atoms with Crippen LogP contribution >= 0.6 is 11.3 Å². The highest BCUT2D eigenvalue weighted by Gasteiger charge is 2.05. The van der Waals surface area contributed by atoms with E-state index in [4.69, 9.17) is 5.11 Å². The molecule has 0 spiro atoms. The third kappa shape index (κ3) is 4.27. The van der Waals surface area contributed by atoms with Crippen LogP contribution < -0.4 is 5.32 Å². The van der Waals surface area contributed by atoms with Crippen molar-refractivity contribution in [3.63, 3.8) is 0 Å². The number of rotatable bonds is 6. The lowest BCUT2D eigenvalue weighted by Gasteiger charge is -1.99. The maximum Gasteiger partial charge on any atom is 0.336 e. The summed E-state index contributed by atoms with van der Waals surface area (Å²) in [5.74, 6) is -0.855. The molecule has 0 aliphatic heterocycles. The number of hydrogen-bond acceptors (Lipinski definition) is 3. The molecule has 1 aromatic rings. The van der Waals surface area contributed by atoms with Gasteiger partial charge in [0.15, 0.2) is 0 Å². The van der Waals surface area contributed by atoms with Crippen molar-refractivity contribution in [1.29, 1.82) is 0 Å². The molecule has 0 aliphatic rings. The van der Waals surface area contributed by atoms with E-state index >= 15 is 0 Å². The maximum absolute atomic E-state index is 10.6. The minimum absolute atomic E-state index is 0.380. The molecule has 15 heavy (non-hydrogen) atoms. The predicted molar refractivity (Wildman–Crippen MR) is 62.4 cm³/mol. The van der Waals surface area contributed by atoms with Crippen molar-refractivity contribution < 1.29 is 9.90 Å². The summed E-state index contributed by atoms with van der Waals surface area (Å²) < 4.78 is 0. The smallest absolute Gasteiger partial charge is 0.336 e. The van der Waals surface area contributed by atoms with E-state index in [-0.39, 0.29) is 0 Å². The van der Waals surface area contributed by atoms with E-state index in [0.717, 1.165) is 24.4 Å². The van der Waals surface area contributed by atoms with Crippen LogP contribution in [0.3, 0.4) is 0 Å². The van der Waals surface area contributed by atoms with Crippen molar-refractivity contribution in [3.8, 4) is 0 Å². The van der Waals surface area contributed by atoms with Crippen LogP contribution in [0.1, 0.15) is 28.6 Å². The number of thiophene rings is 1. The van der Waals surface area contributed by atoms with E-state index in [0.29, 0.717) is 5.56 Å². The van der Waals surface area contributed by atoms with Gasteiger partial charge in [-0.05, 0) is 26.0 Å². The van der Waals surface area contributed by atoms with E-state index < -0.39 is 5.97 Å². The van der Waals surface area contributed by atoms with Crippen molar-refractivity contribution in [2.45, 2.75) is 19.9 Å². The second-order valence-corrected chi connectivity index (χ2v) is 4.14. The van der Waals surface area contributed by atoms with Crippen molar-refractivity contribution in [1.82, 2.24) is 5.32 Å². The lowest BCUT2D eigenvalue weighted by Crippen LogP contribution is -2.13. The highest BCUT2D eigenvalue weighted by atomic mass is 32.1. The standard InChI is InChI=1S/C11H15NO2S/c1-2-3-4-5-12-7-10-6-9(8-15-10)11(13)14/h2-3,6,8,12H,4-5,7H2,1H3,(H,13,14)/b3-2+. The zero-order chi connectivity index (χ0) is 11.1. The highest BCUT2D eigenvalue weighted by Crippen LogP contribution is 2.14. The molecule has 0 aromatic carbocycles. The van der Waals surface area contributed by atoms with Crippen LogP contribution in [0.5, 0.6) is 0 Å². The van der Waals surface area contributed by atoms with Gasteiger partial charge in [-0.25, -0.2) is 4.79 Å². The molecular weight excluding hydrogens is 210 g/mol. The first-order chi connectivity index (χ1) is 7.24.